The number of carbonyl (C=O) groups excluding carboxylic acids is 1. The summed E-state index contributed by atoms with van der Waals surface area (Å²) in [5.74, 6) is 2.12. The SMILES string of the molecule is C#CCn1c(=NC(=O)c2ccc(S(=O)(=O)N(C)Cc3ccccc3)cc2)sc2cc(Br)ccc21. The van der Waals surface area contributed by atoms with E-state index in [-0.39, 0.29) is 23.5 Å². The minimum atomic E-state index is -3.71. The predicted molar refractivity (Wildman–Crippen MR) is 138 cm³/mol. The van der Waals surface area contributed by atoms with E-state index in [1.165, 1.54) is 47.0 Å². The number of terminal acetylenes is 1. The Hall–Kier alpha value is -3.03. The van der Waals surface area contributed by atoms with Crippen LogP contribution in [0.2, 0.25) is 0 Å². The van der Waals surface area contributed by atoms with Crippen molar-refractivity contribution in [1.82, 2.24) is 8.87 Å². The first kappa shape index (κ1) is 24.1. The van der Waals surface area contributed by atoms with Crippen molar-refractivity contribution in [3.8, 4) is 12.3 Å². The van der Waals surface area contributed by atoms with Crippen LogP contribution >= 0.6 is 27.3 Å². The Bertz CT molecular complexity index is 1570. The van der Waals surface area contributed by atoms with Gasteiger partial charge < -0.3 is 4.57 Å². The van der Waals surface area contributed by atoms with Crippen LogP contribution in [-0.2, 0) is 23.1 Å². The molecule has 34 heavy (non-hydrogen) atoms. The van der Waals surface area contributed by atoms with E-state index < -0.39 is 15.9 Å². The fraction of sp³-hybridized carbons (Fsp3) is 0.120. The normalized spacial score (nSPS) is 12.2. The standard InChI is InChI=1S/C25H20BrN3O3S2/c1-3-15-29-22-14-11-20(26)16-23(22)33-25(29)27-24(30)19-9-12-21(13-10-19)34(31,32)28(2)17-18-7-5-4-6-8-18/h1,4-14,16H,15,17H2,2H3. The van der Waals surface area contributed by atoms with Crippen molar-refractivity contribution >= 4 is 53.4 Å². The van der Waals surface area contributed by atoms with Crippen molar-refractivity contribution in [3.05, 3.63) is 93.2 Å². The van der Waals surface area contributed by atoms with Gasteiger partial charge in [-0.25, -0.2) is 8.42 Å². The number of sulfonamides is 1. The van der Waals surface area contributed by atoms with E-state index in [4.69, 9.17) is 6.42 Å². The highest BCUT2D eigenvalue weighted by Crippen LogP contribution is 2.22. The number of nitrogens with zero attached hydrogens (tertiary/aromatic N) is 3. The van der Waals surface area contributed by atoms with Gasteiger partial charge in [0.05, 0.1) is 21.7 Å². The number of carbonyl (C=O) groups is 1. The molecule has 4 rings (SSSR count). The summed E-state index contributed by atoms with van der Waals surface area (Å²) in [6.45, 7) is 0.523. The second-order valence-electron chi connectivity index (χ2n) is 7.47. The highest BCUT2D eigenvalue weighted by Gasteiger charge is 2.21. The average Bonchev–Trinajstić information content (AvgIpc) is 3.15. The molecule has 6 nitrogen and oxygen atoms in total. The molecule has 0 radical (unpaired) electrons. The van der Waals surface area contributed by atoms with Gasteiger partial charge in [0.15, 0.2) is 4.80 Å². The number of hydrogen-bond acceptors (Lipinski definition) is 4. The summed E-state index contributed by atoms with van der Waals surface area (Å²) >= 11 is 4.81. The second kappa shape index (κ2) is 10.1. The van der Waals surface area contributed by atoms with Crippen molar-refractivity contribution in [2.24, 2.45) is 4.99 Å². The molecule has 172 valence electrons. The number of amides is 1. The molecule has 0 N–H and O–H groups in total. The smallest absolute Gasteiger partial charge is 0.279 e. The van der Waals surface area contributed by atoms with Crippen LogP contribution in [-0.4, -0.2) is 30.2 Å². The van der Waals surface area contributed by atoms with Gasteiger partial charge in [0, 0.05) is 23.6 Å². The molecule has 0 aliphatic heterocycles. The summed E-state index contributed by atoms with van der Waals surface area (Å²) in [7, 11) is -2.18. The van der Waals surface area contributed by atoms with E-state index in [1.54, 1.807) is 0 Å². The number of aromatic nitrogens is 1. The maximum atomic E-state index is 12.9. The lowest BCUT2D eigenvalue weighted by Crippen LogP contribution is -2.26. The minimum Gasteiger partial charge on any atom is -0.305 e. The van der Waals surface area contributed by atoms with Crippen LogP contribution in [0.15, 0.2) is 87.2 Å². The van der Waals surface area contributed by atoms with Crippen LogP contribution in [0.5, 0.6) is 0 Å². The fourth-order valence-corrected chi connectivity index (χ4v) is 6.14. The molecule has 1 amide bonds. The van der Waals surface area contributed by atoms with Gasteiger partial charge in [-0.2, -0.15) is 9.30 Å². The summed E-state index contributed by atoms with van der Waals surface area (Å²) in [4.78, 5) is 17.7. The van der Waals surface area contributed by atoms with Crippen molar-refractivity contribution in [3.63, 3.8) is 0 Å². The monoisotopic (exact) mass is 553 g/mol. The van der Waals surface area contributed by atoms with Crippen molar-refractivity contribution in [1.29, 1.82) is 0 Å². The molecule has 0 spiro atoms. The number of benzene rings is 3. The van der Waals surface area contributed by atoms with Gasteiger partial charge in [-0.15, -0.1) is 6.42 Å². The molecule has 0 saturated carbocycles. The maximum Gasteiger partial charge on any atom is 0.279 e. The van der Waals surface area contributed by atoms with E-state index in [1.807, 2.05) is 53.1 Å². The first-order valence-corrected chi connectivity index (χ1v) is 13.3. The largest absolute Gasteiger partial charge is 0.305 e. The predicted octanol–water partition coefficient (Wildman–Crippen LogP) is 4.66. The van der Waals surface area contributed by atoms with Gasteiger partial charge in [0.1, 0.15) is 0 Å². The van der Waals surface area contributed by atoms with Gasteiger partial charge in [-0.05, 0) is 48.0 Å². The minimum absolute atomic E-state index is 0.108. The van der Waals surface area contributed by atoms with Gasteiger partial charge in [0.2, 0.25) is 10.0 Å². The number of hydrogen-bond donors (Lipinski definition) is 0. The summed E-state index contributed by atoms with van der Waals surface area (Å²) in [5, 5.41) is 0. The van der Waals surface area contributed by atoms with Crippen LogP contribution in [0.1, 0.15) is 15.9 Å². The van der Waals surface area contributed by atoms with E-state index in [9.17, 15) is 13.2 Å². The fourth-order valence-electron chi connectivity index (χ4n) is 3.40. The average molecular weight is 554 g/mol. The zero-order valence-corrected chi connectivity index (χ0v) is 21.4. The van der Waals surface area contributed by atoms with E-state index >= 15 is 0 Å². The van der Waals surface area contributed by atoms with Gasteiger partial charge in [-0.3, -0.25) is 4.79 Å². The quantitative estimate of drug-likeness (QED) is 0.326. The Kier molecular flexibility index (Phi) is 7.14. The van der Waals surface area contributed by atoms with Crippen molar-refractivity contribution < 1.29 is 13.2 Å². The second-order valence-corrected chi connectivity index (χ2v) is 11.4. The Balaban J connectivity index is 1.61. The Morgan fingerprint density at radius 1 is 1.12 bits per heavy atom. The first-order valence-electron chi connectivity index (χ1n) is 10.2. The number of rotatable bonds is 6. The molecule has 4 aromatic rings. The van der Waals surface area contributed by atoms with Crippen LogP contribution in [0.25, 0.3) is 10.2 Å². The summed E-state index contributed by atoms with van der Waals surface area (Å²) < 4.78 is 30.8. The summed E-state index contributed by atoms with van der Waals surface area (Å²) in [5.41, 5.74) is 2.06. The molecule has 1 aromatic heterocycles. The van der Waals surface area contributed by atoms with Crippen LogP contribution in [0, 0.1) is 12.3 Å². The maximum absolute atomic E-state index is 12.9. The lowest BCUT2D eigenvalue weighted by Gasteiger charge is -2.17. The van der Waals surface area contributed by atoms with E-state index in [0.29, 0.717) is 4.80 Å². The summed E-state index contributed by atoms with van der Waals surface area (Å²) in [6, 6.07) is 20.9. The highest BCUT2D eigenvalue weighted by molar-refractivity contribution is 9.10. The molecule has 9 heteroatoms. The molecule has 0 aliphatic rings. The zero-order valence-electron chi connectivity index (χ0n) is 18.2. The molecule has 3 aromatic carbocycles. The Labute approximate surface area is 210 Å². The number of fused-ring (bicyclic) bond motifs is 1. The molecule has 0 saturated heterocycles. The molecule has 0 unspecified atom stereocenters. The third-order valence-corrected chi connectivity index (χ3v) is 8.50. The molecule has 0 atom stereocenters. The van der Waals surface area contributed by atoms with Gasteiger partial charge in [-0.1, -0.05) is 63.5 Å². The lowest BCUT2D eigenvalue weighted by atomic mass is 10.2. The molecular formula is C25H20BrN3O3S2. The third-order valence-electron chi connectivity index (χ3n) is 5.15. The third kappa shape index (κ3) is 5.05. The lowest BCUT2D eigenvalue weighted by molar-refractivity contribution is 0.0998. The van der Waals surface area contributed by atoms with Gasteiger partial charge >= 0.3 is 0 Å². The van der Waals surface area contributed by atoms with Crippen LogP contribution < -0.4 is 4.80 Å². The van der Waals surface area contributed by atoms with E-state index in [2.05, 4.69) is 26.8 Å². The topological polar surface area (TPSA) is 71.7 Å². The van der Waals surface area contributed by atoms with Crippen LogP contribution in [0.4, 0.5) is 0 Å². The molecule has 0 aliphatic carbocycles. The zero-order chi connectivity index (χ0) is 24.3. The van der Waals surface area contributed by atoms with Crippen molar-refractivity contribution in [2.75, 3.05) is 7.05 Å². The van der Waals surface area contributed by atoms with Crippen LogP contribution in [0.3, 0.4) is 0 Å². The first-order chi connectivity index (χ1) is 16.3. The Morgan fingerprint density at radius 2 is 1.82 bits per heavy atom. The van der Waals surface area contributed by atoms with Crippen molar-refractivity contribution in [2.45, 2.75) is 18.0 Å². The number of halogens is 1. The Morgan fingerprint density at radius 3 is 2.50 bits per heavy atom. The molecule has 0 fully saturated rings. The highest BCUT2D eigenvalue weighted by atomic mass is 79.9. The van der Waals surface area contributed by atoms with E-state index in [0.717, 1.165) is 20.3 Å². The van der Waals surface area contributed by atoms with Gasteiger partial charge in [0.25, 0.3) is 5.91 Å². The summed E-state index contributed by atoms with van der Waals surface area (Å²) in [6.07, 6.45) is 5.52. The number of thiazole rings is 1. The molecule has 0 bridgehead atoms. The molecular weight excluding hydrogens is 534 g/mol. The molecule has 1 heterocycles.